The van der Waals surface area contributed by atoms with Crippen molar-refractivity contribution in [1.82, 2.24) is 20.0 Å². The number of hydrogen-bond donors (Lipinski definition) is 2. The predicted molar refractivity (Wildman–Crippen MR) is 77.0 cm³/mol. The highest BCUT2D eigenvalue weighted by Crippen LogP contribution is 2.03. The lowest BCUT2D eigenvalue weighted by Gasteiger charge is -2.35. The summed E-state index contributed by atoms with van der Waals surface area (Å²) < 4.78 is 0. The molecule has 0 bridgehead atoms. The van der Waals surface area contributed by atoms with Crippen molar-refractivity contribution >= 4 is 17.9 Å². The Labute approximate surface area is 124 Å². The fourth-order valence-electron chi connectivity index (χ4n) is 2.15. The number of piperazine rings is 1. The molecular weight excluding hydrogens is 276 g/mol. The molecule has 1 heterocycles. The summed E-state index contributed by atoms with van der Waals surface area (Å²) in [7, 11) is 3.29. The van der Waals surface area contributed by atoms with Crippen molar-refractivity contribution < 1.29 is 19.5 Å². The fraction of sp³-hybridized carbons (Fsp3) is 0.769. The first-order valence-corrected chi connectivity index (χ1v) is 7.02. The van der Waals surface area contributed by atoms with E-state index >= 15 is 0 Å². The Hall–Kier alpha value is -1.83. The van der Waals surface area contributed by atoms with Gasteiger partial charge in [0.2, 0.25) is 5.91 Å². The number of likely N-dealkylation sites (N-methyl/N-ethyl adjacent to an activating group) is 1. The zero-order chi connectivity index (χ0) is 16.0. The van der Waals surface area contributed by atoms with E-state index in [1.165, 1.54) is 4.90 Å². The third kappa shape index (κ3) is 5.58. The van der Waals surface area contributed by atoms with Gasteiger partial charge in [-0.25, -0.2) is 4.79 Å². The minimum atomic E-state index is -0.814. The van der Waals surface area contributed by atoms with Crippen LogP contribution in [0.15, 0.2) is 0 Å². The third-order valence-corrected chi connectivity index (χ3v) is 3.45. The molecular formula is C13H24N4O4. The van der Waals surface area contributed by atoms with E-state index in [-0.39, 0.29) is 18.4 Å². The predicted octanol–water partition coefficient (Wildman–Crippen LogP) is -0.735. The number of amides is 3. The highest BCUT2D eigenvalue weighted by atomic mass is 16.4. The molecule has 0 aromatic rings. The van der Waals surface area contributed by atoms with E-state index in [9.17, 15) is 14.4 Å². The largest absolute Gasteiger partial charge is 0.481 e. The van der Waals surface area contributed by atoms with E-state index in [0.29, 0.717) is 32.7 Å². The van der Waals surface area contributed by atoms with Gasteiger partial charge in [-0.1, -0.05) is 0 Å². The lowest BCUT2D eigenvalue weighted by Crippen LogP contribution is -2.55. The molecule has 0 radical (unpaired) electrons. The van der Waals surface area contributed by atoms with Gasteiger partial charge in [-0.2, -0.15) is 0 Å². The number of urea groups is 1. The SMILES string of the molecule is CC(NC(=O)N1CCN(CCC(=O)O)CC1)C(=O)N(C)C. The van der Waals surface area contributed by atoms with Crippen LogP contribution in [0, 0.1) is 0 Å². The summed E-state index contributed by atoms with van der Waals surface area (Å²) in [5.74, 6) is -0.963. The summed E-state index contributed by atoms with van der Waals surface area (Å²) in [5.41, 5.74) is 0. The van der Waals surface area contributed by atoms with Gasteiger partial charge >= 0.3 is 12.0 Å². The van der Waals surface area contributed by atoms with Gasteiger partial charge in [0, 0.05) is 46.8 Å². The zero-order valence-corrected chi connectivity index (χ0v) is 12.8. The van der Waals surface area contributed by atoms with Crippen molar-refractivity contribution in [3.8, 4) is 0 Å². The van der Waals surface area contributed by atoms with Gasteiger partial charge in [0.1, 0.15) is 6.04 Å². The molecule has 1 unspecified atom stereocenters. The molecule has 1 fully saturated rings. The Morgan fingerprint density at radius 1 is 1.19 bits per heavy atom. The van der Waals surface area contributed by atoms with Crippen molar-refractivity contribution in [2.45, 2.75) is 19.4 Å². The van der Waals surface area contributed by atoms with Gasteiger partial charge in [0.15, 0.2) is 0 Å². The fourth-order valence-corrected chi connectivity index (χ4v) is 2.15. The van der Waals surface area contributed by atoms with Gasteiger partial charge in [0.05, 0.1) is 6.42 Å². The molecule has 8 heteroatoms. The number of carbonyl (C=O) groups excluding carboxylic acids is 2. The molecule has 2 N–H and O–H groups in total. The van der Waals surface area contributed by atoms with E-state index in [1.54, 1.807) is 25.9 Å². The summed E-state index contributed by atoms with van der Waals surface area (Å²) in [6.45, 7) is 4.53. The number of carboxylic acid groups (broad SMARTS) is 1. The molecule has 0 saturated carbocycles. The Morgan fingerprint density at radius 3 is 2.24 bits per heavy atom. The van der Waals surface area contributed by atoms with Crippen LogP contribution >= 0.6 is 0 Å². The summed E-state index contributed by atoms with van der Waals surface area (Å²) in [6.07, 6.45) is 0.112. The standard InChI is InChI=1S/C13H24N4O4/c1-10(12(20)15(2)3)14-13(21)17-8-6-16(7-9-17)5-4-11(18)19/h10H,4-9H2,1-3H3,(H,14,21)(H,18,19). The van der Waals surface area contributed by atoms with Crippen molar-refractivity contribution in [3.05, 3.63) is 0 Å². The van der Waals surface area contributed by atoms with Crippen LogP contribution in [0.2, 0.25) is 0 Å². The van der Waals surface area contributed by atoms with Gasteiger partial charge in [-0.15, -0.1) is 0 Å². The first-order chi connectivity index (χ1) is 9.81. The molecule has 0 spiro atoms. The summed E-state index contributed by atoms with van der Waals surface area (Å²) in [5, 5.41) is 11.3. The molecule has 1 aliphatic heterocycles. The van der Waals surface area contributed by atoms with Gasteiger partial charge in [0.25, 0.3) is 0 Å². The maximum Gasteiger partial charge on any atom is 0.318 e. The number of hydrogen-bond acceptors (Lipinski definition) is 4. The Morgan fingerprint density at radius 2 is 1.76 bits per heavy atom. The van der Waals surface area contributed by atoms with Gasteiger partial charge in [-0.3, -0.25) is 14.5 Å². The summed E-state index contributed by atoms with van der Waals surface area (Å²) >= 11 is 0. The molecule has 3 amide bonds. The Bertz CT molecular complexity index is 392. The average molecular weight is 300 g/mol. The monoisotopic (exact) mass is 300 g/mol. The topological polar surface area (TPSA) is 93.2 Å². The Kier molecular flexibility index (Phi) is 6.41. The third-order valence-electron chi connectivity index (χ3n) is 3.45. The highest BCUT2D eigenvalue weighted by molar-refractivity contribution is 5.86. The van der Waals surface area contributed by atoms with Gasteiger partial charge < -0.3 is 20.2 Å². The molecule has 0 aromatic heterocycles. The number of nitrogens with zero attached hydrogens (tertiary/aromatic N) is 3. The number of nitrogens with one attached hydrogen (secondary N) is 1. The van der Waals surface area contributed by atoms with Crippen molar-refractivity contribution in [3.63, 3.8) is 0 Å². The van der Waals surface area contributed by atoms with Crippen LogP contribution in [0.3, 0.4) is 0 Å². The molecule has 8 nitrogen and oxygen atoms in total. The second-order valence-corrected chi connectivity index (χ2v) is 5.38. The van der Waals surface area contributed by atoms with Crippen molar-refractivity contribution in [1.29, 1.82) is 0 Å². The maximum atomic E-state index is 12.0. The number of carbonyl (C=O) groups is 3. The minimum absolute atomic E-state index is 0.112. The minimum Gasteiger partial charge on any atom is -0.481 e. The van der Waals surface area contributed by atoms with Crippen LogP contribution in [0.4, 0.5) is 4.79 Å². The lowest BCUT2D eigenvalue weighted by molar-refractivity contribution is -0.137. The second-order valence-electron chi connectivity index (χ2n) is 5.38. The number of rotatable bonds is 5. The van der Waals surface area contributed by atoms with Crippen LogP contribution in [0.25, 0.3) is 0 Å². The summed E-state index contributed by atoms with van der Waals surface area (Å²) in [4.78, 5) is 39.4. The Balaban J connectivity index is 2.35. The molecule has 1 aliphatic rings. The molecule has 1 rings (SSSR count). The van der Waals surface area contributed by atoms with Crippen LogP contribution < -0.4 is 5.32 Å². The van der Waals surface area contributed by atoms with E-state index in [2.05, 4.69) is 5.32 Å². The van der Waals surface area contributed by atoms with Gasteiger partial charge in [-0.05, 0) is 6.92 Å². The van der Waals surface area contributed by atoms with E-state index in [1.807, 2.05) is 4.90 Å². The molecule has 1 saturated heterocycles. The second kappa shape index (κ2) is 7.82. The molecule has 0 aromatic carbocycles. The molecule has 21 heavy (non-hydrogen) atoms. The van der Waals surface area contributed by atoms with Crippen molar-refractivity contribution in [2.24, 2.45) is 0 Å². The average Bonchev–Trinajstić information content (AvgIpc) is 2.44. The van der Waals surface area contributed by atoms with Crippen LogP contribution in [0.5, 0.6) is 0 Å². The van der Waals surface area contributed by atoms with E-state index < -0.39 is 12.0 Å². The van der Waals surface area contributed by atoms with Crippen LogP contribution in [-0.2, 0) is 9.59 Å². The molecule has 1 atom stereocenters. The number of carboxylic acids is 1. The highest BCUT2D eigenvalue weighted by Gasteiger charge is 2.24. The van der Waals surface area contributed by atoms with Crippen LogP contribution in [0.1, 0.15) is 13.3 Å². The van der Waals surface area contributed by atoms with E-state index in [4.69, 9.17) is 5.11 Å². The lowest BCUT2D eigenvalue weighted by atomic mass is 10.3. The first kappa shape index (κ1) is 17.2. The first-order valence-electron chi connectivity index (χ1n) is 7.02. The van der Waals surface area contributed by atoms with Crippen LogP contribution in [-0.4, -0.2) is 90.6 Å². The number of aliphatic carboxylic acids is 1. The van der Waals surface area contributed by atoms with E-state index in [0.717, 1.165) is 0 Å². The van der Waals surface area contributed by atoms with Crippen molar-refractivity contribution in [2.75, 3.05) is 46.8 Å². The zero-order valence-electron chi connectivity index (χ0n) is 12.8. The molecule has 0 aliphatic carbocycles. The summed E-state index contributed by atoms with van der Waals surface area (Å²) in [6, 6.07) is -0.812. The maximum absolute atomic E-state index is 12.0. The molecule has 120 valence electrons. The smallest absolute Gasteiger partial charge is 0.318 e. The normalized spacial score (nSPS) is 17.2. The quantitative estimate of drug-likeness (QED) is 0.698.